The van der Waals surface area contributed by atoms with E-state index in [0.29, 0.717) is 28.6 Å². The molecule has 0 spiro atoms. The third-order valence-electron chi connectivity index (χ3n) is 3.14. The van der Waals surface area contributed by atoms with Gasteiger partial charge in [0.15, 0.2) is 0 Å². The molecule has 0 aliphatic carbocycles. The number of halogens is 1. The number of benzene rings is 2. The highest BCUT2D eigenvalue weighted by molar-refractivity contribution is 6.30. The van der Waals surface area contributed by atoms with Crippen LogP contribution in [0.4, 0.5) is 5.69 Å². The van der Waals surface area contributed by atoms with Gasteiger partial charge >= 0.3 is 0 Å². The van der Waals surface area contributed by atoms with Crippen LogP contribution in [0.2, 0.25) is 5.02 Å². The van der Waals surface area contributed by atoms with Crippen molar-refractivity contribution in [1.82, 2.24) is 4.90 Å². The molecule has 0 aromatic heterocycles. The molecule has 2 rings (SSSR count). The smallest absolute Gasteiger partial charge is 0.257 e. The second-order valence-corrected chi connectivity index (χ2v) is 5.18. The fourth-order valence-electron chi connectivity index (χ4n) is 2.03. The monoisotopic (exact) mass is 304 g/mol. The van der Waals surface area contributed by atoms with E-state index in [1.807, 2.05) is 12.1 Å². The molecule has 4 nitrogen and oxygen atoms in total. The number of amides is 1. The van der Waals surface area contributed by atoms with Crippen molar-refractivity contribution >= 4 is 23.2 Å². The molecule has 0 bridgehead atoms. The lowest BCUT2D eigenvalue weighted by atomic mass is 10.1. The van der Waals surface area contributed by atoms with E-state index >= 15 is 0 Å². The maximum atomic E-state index is 12.5. The molecule has 2 aromatic carbocycles. The SMILES string of the molecule is COc1cc(N)ccc1C(=O)N(C)Cc1ccc(Cl)cc1. The van der Waals surface area contributed by atoms with Crippen molar-refractivity contribution in [2.45, 2.75) is 6.54 Å². The van der Waals surface area contributed by atoms with Gasteiger partial charge < -0.3 is 15.4 Å². The fourth-order valence-corrected chi connectivity index (χ4v) is 2.15. The number of hydrogen-bond donors (Lipinski definition) is 1. The Kier molecular flexibility index (Phi) is 4.70. The van der Waals surface area contributed by atoms with Crippen molar-refractivity contribution in [3.8, 4) is 5.75 Å². The highest BCUT2D eigenvalue weighted by atomic mass is 35.5. The maximum absolute atomic E-state index is 12.5. The Morgan fingerprint density at radius 3 is 2.52 bits per heavy atom. The first-order valence-corrected chi connectivity index (χ1v) is 6.82. The van der Waals surface area contributed by atoms with E-state index in [0.717, 1.165) is 5.56 Å². The molecule has 0 aliphatic rings. The molecule has 0 heterocycles. The summed E-state index contributed by atoms with van der Waals surface area (Å²) in [5.74, 6) is 0.352. The fraction of sp³-hybridized carbons (Fsp3) is 0.188. The predicted molar refractivity (Wildman–Crippen MR) is 84.7 cm³/mol. The Bertz CT molecular complexity index is 641. The number of carbonyl (C=O) groups excluding carboxylic acids is 1. The van der Waals surface area contributed by atoms with Gasteiger partial charge in [0, 0.05) is 30.4 Å². The van der Waals surface area contributed by atoms with Gasteiger partial charge in [0.05, 0.1) is 12.7 Å². The second kappa shape index (κ2) is 6.50. The number of carbonyl (C=O) groups is 1. The van der Waals surface area contributed by atoms with Crippen molar-refractivity contribution in [2.24, 2.45) is 0 Å². The molecule has 110 valence electrons. The van der Waals surface area contributed by atoms with E-state index in [1.54, 1.807) is 42.3 Å². The number of nitrogen functional groups attached to an aromatic ring is 1. The standard InChI is InChI=1S/C16H17ClN2O2/c1-19(10-11-3-5-12(17)6-4-11)16(20)14-8-7-13(18)9-15(14)21-2/h3-9H,10,18H2,1-2H3. The number of hydrogen-bond acceptors (Lipinski definition) is 3. The number of nitrogens with two attached hydrogens (primary N) is 1. The molecule has 0 atom stereocenters. The van der Waals surface area contributed by atoms with E-state index in [9.17, 15) is 4.79 Å². The zero-order valence-electron chi connectivity index (χ0n) is 12.0. The summed E-state index contributed by atoms with van der Waals surface area (Å²) >= 11 is 5.85. The van der Waals surface area contributed by atoms with Crippen LogP contribution in [0.1, 0.15) is 15.9 Å². The first-order valence-electron chi connectivity index (χ1n) is 6.44. The van der Waals surface area contributed by atoms with Crippen LogP contribution >= 0.6 is 11.6 Å². The summed E-state index contributed by atoms with van der Waals surface area (Å²) in [4.78, 5) is 14.1. The summed E-state index contributed by atoms with van der Waals surface area (Å²) in [6.45, 7) is 0.490. The van der Waals surface area contributed by atoms with Gasteiger partial charge in [-0.1, -0.05) is 23.7 Å². The van der Waals surface area contributed by atoms with E-state index in [1.165, 1.54) is 7.11 Å². The van der Waals surface area contributed by atoms with Crippen LogP contribution in [0, 0.1) is 0 Å². The van der Waals surface area contributed by atoms with Gasteiger partial charge in [-0.15, -0.1) is 0 Å². The molecule has 2 N–H and O–H groups in total. The Balaban J connectivity index is 2.17. The van der Waals surface area contributed by atoms with Crippen LogP contribution in [-0.2, 0) is 6.54 Å². The van der Waals surface area contributed by atoms with E-state index < -0.39 is 0 Å². The van der Waals surface area contributed by atoms with Crippen molar-refractivity contribution in [2.75, 3.05) is 19.9 Å². The number of methoxy groups -OCH3 is 1. The van der Waals surface area contributed by atoms with E-state index in [4.69, 9.17) is 22.1 Å². The van der Waals surface area contributed by atoms with Crippen LogP contribution in [-0.4, -0.2) is 25.0 Å². The van der Waals surface area contributed by atoms with Crippen LogP contribution in [0.5, 0.6) is 5.75 Å². The third-order valence-corrected chi connectivity index (χ3v) is 3.39. The highest BCUT2D eigenvalue weighted by Crippen LogP contribution is 2.23. The zero-order chi connectivity index (χ0) is 15.4. The lowest BCUT2D eigenvalue weighted by Gasteiger charge is -2.19. The molecule has 0 fully saturated rings. The van der Waals surface area contributed by atoms with Crippen LogP contribution in [0.3, 0.4) is 0 Å². The van der Waals surface area contributed by atoms with Crippen LogP contribution in [0.15, 0.2) is 42.5 Å². The molecule has 5 heteroatoms. The lowest BCUT2D eigenvalue weighted by molar-refractivity contribution is 0.0782. The van der Waals surface area contributed by atoms with Gasteiger partial charge in [-0.3, -0.25) is 4.79 Å². The lowest BCUT2D eigenvalue weighted by Crippen LogP contribution is -2.26. The molecule has 0 radical (unpaired) electrons. The zero-order valence-corrected chi connectivity index (χ0v) is 12.7. The van der Waals surface area contributed by atoms with Gasteiger partial charge in [-0.25, -0.2) is 0 Å². The van der Waals surface area contributed by atoms with Crippen molar-refractivity contribution in [3.05, 3.63) is 58.6 Å². The molecular weight excluding hydrogens is 288 g/mol. The number of anilines is 1. The van der Waals surface area contributed by atoms with Crippen molar-refractivity contribution < 1.29 is 9.53 Å². The Hall–Kier alpha value is -2.20. The first kappa shape index (κ1) is 15.2. The largest absolute Gasteiger partial charge is 0.496 e. The molecule has 21 heavy (non-hydrogen) atoms. The number of ether oxygens (including phenoxy) is 1. The third kappa shape index (κ3) is 3.67. The van der Waals surface area contributed by atoms with Crippen LogP contribution < -0.4 is 10.5 Å². The van der Waals surface area contributed by atoms with Gasteiger partial charge in [0.2, 0.25) is 0 Å². The molecule has 0 saturated heterocycles. The molecule has 2 aromatic rings. The van der Waals surface area contributed by atoms with Gasteiger partial charge in [-0.05, 0) is 29.8 Å². The van der Waals surface area contributed by atoms with Crippen LogP contribution in [0.25, 0.3) is 0 Å². The maximum Gasteiger partial charge on any atom is 0.257 e. The van der Waals surface area contributed by atoms with Gasteiger partial charge in [0.25, 0.3) is 5.91 Å². The summed E-state index contributed by atoms with van der Waals surface area (Å²) < 4.78 is 5.22. The number of rotatable bonds is 4. The summed E-state index contributed by atoms with van der Waals surface area (Å²) in [7, 11) is 3.26. The van der Waals surface area contributed by atoms with Gasteiger partial charge in [-0.2, -0.15) is 0 Å². The Labute approximate surface area is 129 Å². The topological polar surface area (TPSA) is 55.6 Å². The normalized spacial score (nSPS) is 10.2. The predicted octanol–water partition coefficient (Wildman–Crippen LogP) is 3.20. The molecule has 0 saturated carbocycles. The molecular formula is C16H17ClN2O2. The summed E-state index contributed by atoms with van der Waals surface area (Å²) in [5.41, 5.74) is 7.75. The molecule has 0 unspecified atom stereocenters. The summed E-state index contributed by atoms with van der Waals surface area (Å²) in [6, 6.07) is 12.4. The average molecular weight is 305 g/mol. The van der Waals surface area contributed by atoms with Crippen molar-refractivity contribution in [3.63, 3.8) is 0 Å². The minimum absolute atomic E-state index is 0.123. The minimum atomic E-state index is -0.123. The highest BCUT2D eigenvalue weighted by Gasteiger charge is 2.17. The minimum Gasteiger partial charge on any atom is -0.496 e. The Morgan fingerprint density at radius 2 is 1.90 bits per heavy atom. The summed E-state index contributed by atoms with van der Waals surface area (Å²) in [6.07, 6.45) is 0. The molecule has 1 amide bonds. The quantitative estimate of drug-likeness (QED) is 0.883. The number of nitrogens with zero attached hydrogens (tertiary/aromatic N) is 1. The molecule has 0 aliphatic heterocycles. The van der Waals surface area contributed by atoms with Gasteiger partial charge in [0.1, 0.15) is 5.75 Å². The first-order chi connectivity index (χ1) is 10.0. The second-order valence-electron chi connectivity index (χ2n) is 4.75. The van der Waals surface area contributed by atoms with E-state index in [-0.39, 0.29) is 5.91 Å². The van der Waals surface area contributed by atoms with E-state index in [2.05, 4.69) is 0 Å². The Morgan fingerprint density at radius 1 is 1.24 bits per heavy atom. The average Bonchev–Trinajstić information content (AvgIpc) is 2.48. The summed E-state index contributed by atoms with van der Waals surface area (Å²) in [5, 5.41) is 0.674. The van der Waals surface area contributed by atoms with Crippen molar-refractivity contribution in [1.29, 1.82) is 0 Å².